The maximum atomic E-state index is 13.6. The molecular formula is C20H18FN3O5S2. The molecule has 0 aliphatic carbocycles. The number of benzene rings is 2. The summed E-state index contributed by atoms with van der Waals surface area (Å²) in [5.41, 5.74) is 1.48. The third kappa shape index (κ3) is 6.10. The Hall–Kier alpha value is -3.28. The summed E-state index contributed by atoms with van der Waals surface area (Å²) in [5.74, 6) is -1.70. The highest BCUT2D eigenvalue weighted by atomic mass is 32.2. The highest BCUT2D eigenvalue weighted by molar-refractivity contribution is 7.91. The molecule has 0 aliphatic heterocycles. The second-order valence-corrected chi connectivity index (χ2v) is 9.39. The minimum absolute atomic E-state index is 0.0215. The van der Waals surface area contributed by atoms with E-state index < -0.39 is 34.4 Å². The Morgan fingerprint density at radius 1 is 1.03 bits per heavy atom. The van der Waals surface area contributed by atoms with Gasteiger partial charge in [-0.1, -0.05) is 30.3 Å². The van der Waals surface area contributed by atoms with Crippen LogP contribution in [0, 0.1) is 5.82 Å². The summed E-state index contributed by atoms with van der Waals surface area (Å²) in [4.78, 5) is 23.3. The highest BCUT2D eigenvalue weighted by Crippen LogP contribution is 2.32. The summed E-state index contributed by atoms with van der Waals surface area (Å²) in [7, 11) is -3.93. The predicted molar refractivity (Wildman–Crippen MR) is 115 cm³/mol. The van der Waals surface area contributed by atoms with E-state index in [4.69, 9.17) is 5.11 Å². The molecule has 4 N–H and O–H groups in total. The summed E-state index contributed by atoms with van der Waals surface area (Å²) in [6.45, 7) is -0.690. The lowest BCUT2D eigenvalue weighted by Gasteiger charge is -2.09. The van der Waals surface area contributed by atoms with Gasteiger partial charge in [0.2, 0.25) is 0 Å². The zero-order valence-corrected chi connectivity index (χ0v) is 17.6. The number of amides is 2. The van der Waals surface area contributed by atoms with Gasteiger partial charge >= 0.3 is 12.0 Å². The molecule has 0 aliphatic rings. The van der Waals surface area contributed by atoms with Gasteiger partial charge in [-0.2, -0.15) is 4.72 Å². The average molecular weight is 464 g/mol. The summed E-state index contributed by atoms with van der Waals surface area (Å²) in [6.07, 6.45) is 0. The Labute approximate surface area is 181 Å². The number of urea groups is 1. The largest absolute Gasteiger partial charge is 0.480 e. The number of aliphatic carboxylic acids is 1. The molecule has 0 unspecified atom stereocenters. The number of carboxylic acids is 1. The van der Waals surface area contributed by atoms with Gasteiger partial charge in [-0.05, 0) is 35.9 Å². The number of carboxylic acid groups (broad SMARTS) is 1. The van der Waals surface area contributed by atoms with E-state index in [9.17, 15) is 22.4 Å². The van der Waals surface area contributed by atoms with Crippen molar-refractivity contribution in [1.82, 2.24) is 10.0 Å². The van der Waals surface area contributed by atoms with Crippen molar-refractivity contribution in [2.24, 2.45) is 0 Å². The number of hydrogen-bond acceptors (Lipinski definition) is 5. The van der Waals surface area contributed by atoms with Crippen molar-refractivity contribution in [1.29, 1.82) is 0 Å². The topological polar surface area (TPSA) is 125 Å². The minimum Gasteiger partial charge on any atom is -0.480 e. The van der Waals surface area contributed by atoms with Crippen molar-refractivity contribution >= 4 is 39.0 Å². The lowest BCUT2D eigenvalue weighted by molar-refractivity contribution is -0.135. The average Bonchev–Trinajstić information content (AvgIpc) is 3.23. The van der Waals surface area contributed by atoms with E-state index in [0.29, 0.717) is 21.7 Å². The molecule has 3 aromatic rings. The molecule has 0 atom stereocenters. The Morgan fingerprint density at radius 3 is 2.55 bits per heavy atom. The SMILES string of the molecule is O=C(O)CNS(=O)(=O)c1ccc(-c2cccc(NC(=O)NCc3ccccc3F)c2)s1. The molecule has 1 aromatic heterocycles. The molecular weight excluding hydrogens is 445 g/mol. The maximum Gasteiger partial charge on any atom is 0.319 e. The van der Waals surface area contributed by atoms with Gasteiger partial charge in [0.15, 0.2) is 0 Å². The van der Waals surface area contributed by atoms with E-state index in [1.165, 1.54) is 12.1 Å². The van der Waals surface area contributed by atoms with Crippen LogP contribution in [0.1, 0.15) is 5.56 Å². The summed E-state index contributed by atoms with van der Waals surface area (Å²) >= 11 is 0.968. The molecule has 2 aromatic carbocycles. The molecule has 0 spiro atoms. The first-order chi connectivity index (χ1) is 14.7. The van der Waals surface area contributed by atoms with Gasteiger partial charge in [0.1, 0.15) is 16.6 Å². The molecule has 0 bridgehead atoms. The predicted octanol–water partition coefficient (Wildman–Crippen LogP) is 3.24. The molecule has 0 radical (unpaired) electrons. The molecule has 2 amide bonds. The highest BCUT2D eigenvalue weighted by Gasteiger charge is 2.18. The minimum atomic E-state index is -3.93. The molecule has 3 rings (SSSR count). The summed E-state index contributed by atoms with van der Waals surface area (Å²) in [5, 5.41) is 13.9. The number of anilines is 1. The van der Waals surface area contributed by atoms with E-state index in [1.807, 2.05) is 4.72 Å². The number of hydrogen-bond donors (Lipinski definition) is 4. The fraction of sp³-hybridized carbons (Fsp3) is 0.100. The molecule has 0 saturated heterocycles. The number of nitrogens with one attached hydrogen (secondary N) is 3. The van der Waals surface area contributed by atoms with Crippen LogP contribution in [0.5, 0.6) is 0 Å². The number of halogens is 1. The van der Waals surface area contributed by atoms with Crippen molar-refractivity contribution in [2.45, 2.75) is 10.8 Å². The van der Waals surface area contributed by atoms with E-state index >= 15 is 0 Å². The quantitative estimate of drug-likeness (QED) is 0.408. The van der Waals surface area contributed by atoms with E-state index in [2.05, 4.69) is 10.6 Å². The van der Waals surface area contributed by atoms with Crippen molar-refractivity contribution in [3.8, 4) is 10.4 Å². The Balaban J connectivity index is 1.66. The Bertz CT molecular complexity index is 1210. The van der Waals surface area contributed by atoms with Crippen LogP contribution in [-0.2, 0) is 21.4 Å². The van der Waals surface area contributed by atoms with Crippen LogP contribution in [-0.4, -0.2) is 32.1 Å². The fourth-order valence-electron chi connectivity index (χ4n) is 2.59. The van der Waals surface area contributed by atoms with Crippen molar-refractivity contribution in [2.75, 3.05) is 11.9 Å². The second-order valence-electron chi connectivity index (χ2n) is 6.32. The third-order valence-electron chi connectivity index (χ3n) is 4.06. The van der Waals surface area contributed by atoms with Gasteiger partial charge in [0.25, 0.3) is 10.0 Å². The lowest BCUT2D eigenvalue weighted by Crippen LogP contribution is -2.28. The van der Waals surface area contributed by atoms with Crippen molar-refractivity contribution < 1.29 is 27.5 Å². The van der Waals surface area contributed by atoms with E-state index in [1.54, 1.807) is 48.5 Å². The smallest absolute Gasteiger partial charge is 0.319 e. The Kier molecular flexibility index (Phi) is 7.00. The molecule has 8 nitrogen and oxygen atoms in total. The van der Waals surface area contributed by atoms with Crippen LogP contribution in [0.15, 0.2) is 64.9 Å². The van der Waals surface area contributed by atoms with Gasteiger partial charge < -0.3 is 15.7 Å². The van der Waals surface area contributed by atoms with Crippen LogP contribution >= 0.6 is 11.3 Å². The van der Waals surface area contributed by atoms with Gasteiger partial charge in [-0.3, -0.25) is 4.79 Å². The fourth-order valence-corrected chi connectivity index (χ4v) is 4.91. The second kappa shape index (κ2) is 9.69. The zero-order valence-electron chi connectivity index (χ0n) is 16.0. The standard InChI is InChI=1S/C20H18FN3O5S2/c21-16-7-2-1-4-14(16)11-22-20(27)24-15-6-3-5-13(10-15)17-8-9-19(30-17)31(28,29)23-12-18(25)26/h1-10,23H,11-12H2,(H,25,26)(H2,22,24,27). The van der Waals surface area contributed by atoms with Crippen LogP contribution in [0.4, 0.5) is 14.9 Å². The molecule has 0 fully saturated rings. The monoisotopic (exact) mass is 463 g/mol. The van der Waals surface area contributed by atoms with Gasteiger partial charge in [0, 0.05) is 22.7 Å². The number of rotatable bonds is 8. The first-order valence-corrected chi connectivity index (χ1v) is 11.2. The molecule has 0 saturated carbocycles. The van der Waals surface area contributed by atoms with Gasteiger partial charge in [-0.15, -0.1) is 11.3 Å². The summed E-state index contributed by atoms with van der Waals surface area (Å²) < 4.78 is 39.9. The molecule has 1 heterocycles. The van der Waals surface area contributed by atoms with Crippen molar-refractivity contribution in [3.05, 3.63) is 72.0 Å². The van der Waals surface area contributed by atoms with E-state index in [0.717, 1.165) is 11.3 Å². The number of carbonyl (C=O) groups is 2. The maximum absolute atomic E-state index is 13.6. The van der Waals surface area contributed by atoms with Crippen LogP contribution in [0.25, 0.3) is 10.4 Å². The van der Waals surface area contributed by atoms with Gasteiger partial charge in [0.05, 0.1) is 0 Å². The van der Waals surface area contributed by atoms with Crippen LogP contribution in [0.3, 0.4) is 0 Å². The van der Waals surface area contributed by atoms with Crippen molar-refractivity contribution in [3.63, 3.8) is 0 Å². The van der Waals surface area contributed by atoms with Crippen LogP contribution in [0.2, 0.25) is 0 Å². The molecule has 162 valence electrons. The number of thiophene rings is 1. The van der Waals surface area contributed by atoms with Crippen LogP contribution < -0.4 is 15.4 Å². The first-order valence-electron chi connectivity index (χ1n) is 8.94. The Morgan fingerprint density at radius 2 is 1.81 bits per heavy atom. The number of sulfonamides is 1. The lowest BCUT2D eigenvalue weighted by atomic mass is 10.1. The third-order valence-corrected chi connectivity index (χ3v) is 7.09. The zero-order chi connectivity index (χ0) is 22.4. The molecule has 31 heavy (non-hydrogen) atoms. The number of carbonyl (C=O) groups excluding carboxylic acids is 1. The van der Waals surface area contributed by atoms with E-state index in [-0.39, 0.29) is 10.8 Å². The normalized spacial score (nSPS) is 11.1. The molecule has 11 heteroatoms. The van der Waals surface area contributed by atoms with Gasteiger partial charge in [-0.25, -0.2) is 17.6 Å². The summed E-state index contributed by atoms with van der Waals surface area (Å²) in [6, 6.07) is 15.3. The first kappa shape index (κ1) is 22.4.